The van der Waals surface area contributed by atoms with Gasteiger partial charge in [0.1, 0.15) is 0 Å². The fraction of sp³-hybridized carbons (Fsp3) is 0.833. The van der Waals surface area contributed by atoms with Crippen molar-refractivity contribution < 1.29 is 4.79 Å². The Morgan fingerprint density at radius 3 is 2.67 bits per heavy atom. The summed E-state index contributed by atoms with van der Waals surface area (Å²) in [5.74, 6) is 0.566. The number of carbonyl (C=O) groups excluding carboxylic acids is 1. The molecule has 0 bridgehead atoms. The smallest absolute Gasteiger partial charge is 0.216 e. The number of amides is 1. The fourth-order valence-corrected chi connectivity index (χ4v) is 0.601. The van der Waals surface area contributed by atoms with Gasteiger partial charge in [0.2, 0.25) is 5.91 Å². The van der Waals surface area contributed by atoms with E-state index < -0.39 is 0 Å². The molecule has 3 heteroatoms. The molecule has 0 aliphatic rings. The van der Waals surface area contributed by atoms with E-state index in [0.717, 1.165) is 11.9 Å². The third-order valence-corrected chi connectivity index (χ3v) is 2.07. The maximum Gasteiger partial charge on any atom is 0.216 e. The van der Waals surface area contributed by atoms with Gasteiger partial charge >= 0.3 is 0 Å². The van der Waals surface area contributed by atoms with Gasteiger partial charge < -0.3 is 5.32 Å². The van der Waals surface area contributed by atoms with Crippen LogP contribution >= 0.6 is 15.9 Å². The molecule has 0 rings (SSSR count). The highest BCUT2D eigenvalue weighted by Gasteiger charge is 1.98. The first-order valence-electron chi connectivity index (χ1n) is 2.97. The van der Waals surface area contributed by atoms with E-state index in [9.17, 15) is 4.79 Å². The summed E-state index contributed by atoms with van der Waals surface area (Å²) in [5.41, 5.74) is 0. The molecule has 0 fully saturated rings. The lowest BCUT2D eigenvalue weighted by Crippen LogP contribution is -2.26. The van der Waals surface area contributed by atoms with Crippen LogP contribution in [0.25, 0.3) is 0 Å². The third-order valence-electron chi connectivity index (χ3n) is 0.963. The number of nitrogens with one attached hydrogen (secondary N) is 1. The molecule has 9 heavy (non-hydrogen) atoms. The molecule has 0 spiro atoms. The zero-order valence-corrected chi connectivity index (χ0v) is 7.36. The molecule has 0 aromatic rings. The Hall–Kier alpha value is -0.0500. The van der Waals surface area contributed by atoms with Crippen LogP contribution in [0.1, 0.15) is 13.8 Å². The largest absolute Gasteiger partial charge is 0.356 e. The van der Waals surface area contributed by atoms with Gasteiger partial charge in [0, 0.05) is 18.8 Å². The second kappa shape index (κ2) is 4.79. The number of rotatable bonds is 3. The molecule has 0 aliphatic carbocycles. The second-order valence-corrected chi connectivity index (χ2v) is 2.84. The van der Waals surface area contributed by atoms with Gasteiger partial charge in [0.05, 0.1) is 0 Å². The van der Waals surface area contributed by atoms with E-state index in [1.165, 1.54) is 6.92 Å². The summed E-state index contributed by atoms with van der Waals surface area (Å²) in [7, 11) is 0. The summed E-state index contributed by atoms with van der Waals surface area (Å²) >= 11 is 3.31. The molecule has 0 saturated heterocycles. The van der Waals surface area contributed by atoms with Crippen molar-refractivity contribution in [1.29, 1.82) is 0 Å². The Kier molecular flexibility index (Phi) is 4.77. The molecule has 0 aromatic heterocycles. The van der Waals surface area contributed by atoms with Crippen LogP contribution in [0.3, 0.4) is 0 Å². The molecule has 1 atom stereocenters. The number of alkyl halides is 1. The second-order valence-electron chi connectivity index (χ2n) is 2.20. The minimum atomic E-state index is 0.0443. The van der Waals surface area contributed by atoms with E-state index in [4.69, 9.17) is 0 Å². The molecular weight excluding hydrogens is 182 g/mol. The van der Waals surface area contributed by atoms with Gasteiger partial charge in [-0.05, 0) is 5.92 Å². The van der Waals surface area contributed by atoms with Crippen LogP contribution in [0.15, 0.2) is 0 Å². The minimum Gasteiger partial charge on any atom is -0.356 e. The average molecular weight is 194 g/mol. The molecule has 1 unspecified atom stereocenters. The summed E-state index contributed by atoms with van der Waals surface area (Å²) in [6, 6.07) is 0. The van der Waals surface area contributed by atoms with Crippen LogP contribution in [0.2, 0.25) is 0 Å². The van der Waals surface area contributed by atoms with E-state index in [-0.39, 0.29) is 5.91 Å². The van der Waals surface area contributed by atoms with Crippen molar-refractivity contribution in [2.75, 3.05) is 11.9 Å². The highest BCUT2D eigenvalue weighted by atomic mass is 79.9. The van der Waals surface area contributed by atoms with Crippen LogP contribution in [-0.2, 0) is 4.79 Å². The van der Waals surface area contributed by atoms with Gasteiger partial charge in [-0.1, -0.05) is 22.9 Å². The van der Waals surface area contributed by atoms with E-state index in [2.05, 4.69) is 28.2 Å². The summed E-state index contributed by atoms with van der Waals surface area (Å²) in [6.07, 6.45) is 0. The Bertz CT molecular complexity index is 95.1. The van der Waals surface area contributed by atoms with Crippen LogP contribution in [0.5, 0.6) is 0 Å². The first kappa shape index (κ1) is 8.95. The number of halogens is 1. The summed E-state index contributed by atoms with van der Waals surface area (Å²) < 4.78 is 0. The average Bonchev–Trinajstić information content (AvgIpc) is 1.83. The lowest BCUT2D eigenvalue weighted by Gasteiger charge is -2.06. The Morgan fingerprint density at radius 1 is 1.78 bits per heavy atom. The zero-order chi connectivity index (χ0) is 7.28. The van der Waals surface area contributed by atoms with Crippen molar-refractivity contribution in [1.82, 2.24) is 5.32 Å². The van der Waals surface area contributed by atoms with E-state index in [1.54, 1.807) is 0 Å². The van der Waals surface area contributed by atoms with Crippen molar-refractivity contribution in [3.63, 3.8) is 0 Å². The number of carbonyl (C=O) groups is 1. The standard InChI is InChI=1S/C6H12BrNO/c1-5(3-7)4-8-6(2)9/h5H,3-4H2,1-2H3,(H,8,9). The van der Waals surface area contributed by atoms with E-state index in [0.29, 0.717) is 5.92 Å². The summed E-state index contributed by atoms with van der Waals surface area (Å²) in [5, 5.41) is 3.67. The van der Waals surface area contributed by atoms with Gasteiger partial charge in [-0.2, -0.15) is 0 Å². The number of hydrogen-bond acceptors (Lipinski definition) is 1. The van der Waals surface area contributed by atoms with E-state index >= 15 is 0 Å². The Balaban J connectivity index is 3.16. The van der Waals surface area contributed by atoms with Crippen LogP contribution in [0, 0.1) is 5.92 Å². The predicted molar refractivity (Wildman–Crippen MR) is 41.6 cm³/mol. The normalized spacial score (nSPS) is 12.8. The van der Waals surface area contributed by atoms with Gasteiger partial charge in [-0.15, -0.1) is 0 Å². The predicted octanol–water partition coefficient (Wildman–Crippen LogP) is 1.15. The maximum atomic E-state index is 10.3. The van der Waals surface area contributed by atoms with Gasteiger partial charge in [0.25, 0.3) is 0 Å². The van der Waals surface area contributed by atoms with Crippen molar-refractivity contribution in [3.05, 3.63) is 0 Å². The molecule has 54 valence electrons. The van der Waals surface area contributed by atoms with Crippen molar-refractivity contribution in [2.24, 2.45) is 5.92 Å². The van der Waals surface area contributed by atoms with Gasteiger partial charge in [-0.25, -0.2) is 0 Å². The van der Waals surface area contributed by atoms with Crippen molar-refractivity contribution >= 4 is 21.8 Å². The molecule has 1 N–H and O–H groups in total. The molecule has 0 radical (unpaired) electrons. The SMILES string of the molecule is CC(=O)NCC(C)CBr. The molecular formula is C6H12BrNO. The van der Waals surface area contributed by atoms with E-state index in [1.807, 2.05) is 0 Å². The lowest BCUT2D eigenvalue weighted by molar-refractivity contribution is -0.119. The Morgan fingerprint density at radius 2 is 2.33 bits per heavy atom. The first-order chi connectivity index (χ1) is 4.16. The zero-order valence-electron chi connectivity index (χ0n) is 5.78. The number of hydrogen-bond donors (Lipinski definition) is 1. The molecule has 0 heterocycles. The van der Waals surface area contributed by atoms with Crippen molar-refractivity contribution in [3.8, 4) is 0 Å². The molecule has 0 aromatic carbocycles. The van der Waals surface area contributed by atoms with Crippen LogP contribution < -0.4 is 5.32 Å². The molecule has 1 amide bonds. The van der Waals surface area contributed by atoms with Crippen molar-refractivity contribution in [2.45, 2.75) is 13.8 Å². The molecule has 2 nitrogen and oxygen atoms in total. The van der Waals surface area contributed by atoms with Crippen LogP contribution in [-0.4, -0.2) is 17.8 Å². The van der Waals surface area contributed by atoms with Gasteiger partial charge in [0.15, 0.2) is 0 Å². The monoisotopic (exact) mass is 193 g/mol. The quantitative estimate of drug-likeness (QED) is 0.671. The molecule has 0 saturated carbocycles. The fourth-order valence-electron chi connectivity index (χ4n) is 0.373. The minimum absolute atomic E-state index is 0.0443. The third kappa shape index (κ3) is 5.83. The highest BCUT2D eigenvalue weighted by Crippen LogP contribution is 1.96. The highest BCUT2D eigenvalue weighted by molar-refractivity contribution is 9.09. The Labute approximate surface area is 64.1 Å². The van der Waals surface area contributed by atoms with Gasteiger partial charge in [-0.3, -0.25) is 4.79 Å². The lowest BCUT2D eigenvalue weighted by atomic mass is 10.2. The topological polar surface area (TPSA) is 29.1 Å². The van der Waals surface area contributed by atoms with Crippen LogP contribution in [0.4, 0.5) is 0 Å². The first-order valence-corrected chi connectivity index (χ1v) is 4.09. The molecule has 0 aliphatic heterocycles. The summed E-state index contributed by atoms with van der Waals surface area (Å²) in [6.45, 7) is 4.37. The maximum absolute atomic E-state index is 10.3. The summed E-state index contributed by atoms with van der Waals surface area (Å²) in [4.78, 5) is 10.3.